The summed E-state index contributed by atoms with van der Waals surface area (Å²) in [5.41, 5.74) is 5.46. The van der Waals surface area contributed by atoms with Gasteiger partial charge in [-0.3, -0.25) is 4.79 Å². The summed E-state index contributed by atoms with van der Waals surface area (Å²) in [6, 6.07) is 2.97. The predicted molar refractivity (Wildman–Crippen MR) is 47.4 cm³/mol. The minimum Gasteiger partial charge on any atom is -0.508 e. The Bertz CT molecular complexity index is 364. The number of rotatable bonds is 3. The van der Waals surface area contributed by atoms with Crippen LogP contribution in [0.2, 0.25) is 0 Å². The van der Waals surface area contributed by atoms with Gasteiger partial charge in [0.1, 0.15) is 11.8 Å². The molecule has 0 aliphatic carbocycles. The summed E-state index contributed by atoms with van der Waals surface area (Å²) < 4.78 is 14.8. The number of hydrogen-bond acceptors (Lipinski definition) is 3. The van der Waals surface area contributed by atoms with E-state index in [9.17, 15) is 4.79 Å². The van der Waals surface area contributed by atoms with E-state index in [4.69, 9.17) is 18.7 Å². The molecule has 2 atom stereocenters. The van der Waals surface area contributed by atoms with E-state index in [0.29, 0.717) is 0 Å². The Hall–Kier alpha value is -1.55. The Kier molecular flexibility index (Phi) is 2.08. The first kappa shape index (κ1) is 6.91. The molecular weight excluding hydrogens is 171 g/mol. The van der Waals surface area contributed by atoms with Crippen LogP contribution in [0.5, 0.6) is 5.75 Å². The molecule has 0 saturated carbocycles. The monoisotopic (exact) mass is 184 g/mol. The van der Waals surface area contributed by atoms with E-state index < -0.39 is 18.4 Å². The fraction of sp³-hybridized carbons (Fsp3) is 0.222. The maximum Gasteiger partial charge on any atom is 0.320 e. The van der Waals surface area contributed by atoms with E-state index in [-0.39, 0.29) is 11.3 Å². The molecule has 0 bridgehead atoms. The van der Waals surface area contributed by atoms with Crippen LogP contribution in [0.25, 0.3) is 0 Å². The van der Waals surface area contributed by atoms with Gasteiger partial charge < -0.3 is 15.9 Å². The molecule has 70 valence electrons. The lowest BCUT2D eigenvalue weighted by atomic mass is 10.1. The molecule has 0 aliphatic heterocycles. The topological polar surface area (TPSA) is 83.5 Å². The molecule has 0 amide bonds. The Morgan fingerprint density at radius 2 is 2.15 bits per heavy atom. The highest BCUT2D eigenvalue weighted by Gasteiger charge is 2.11. The third kappa shape index (κ3) is 2.76. The average Bonchev–Trinajstić information content (AvgIpc) is 2.17. The van der Waals surface area contributed by atoms with E-state index in [1.165, 1.54) is 24.3 Å². The van der Waals surface area contributed by atoms with Crippen LogP contribution in [0.4, 0.5) is 0 Å². The molecule has 0 radical (unpaired) electrons. The van der Waals surface area contributed by atoms with Crippen molar-refractivity contribution in [2.45, 2.75) is 12.4 Å². The van der Waals surface area contributed by atoms with Crippen LogP contribution in [0.15, 0.2) is 24.3 Å². The SMILES string of the molecule is [2H][C@@H](c1ccc(O)cc1)[C@]([2H])(N)[13C](=O)O. The second-order valence-corrected chi connectivity index (χ2v) is 2.50. The molecular formula is C9H11NO3. The van der Waals surface area contributed by atoms with Crippen molar-refractivity contribution in [2.75, 3.05) is 0 Å². The Morgan fingerprint density at radius 1 is 1.62 bits per heavy atom. The highest BCUT2D eigenvalue weighted by Crippen LogP contribution is 2.10. The number of carboxylic acid groups (broad SMARTS) is 1. The molecule has 1 aromatic carbocycles. The molecule has 0 aliphatic rings. The van der Waals surface area contributed by atoms with Gasteiger partial charge in [-0.25, -0.2) is 0 Å². The van der Waals surface area contributed by atoms with Crippen LogP contribution < -0.4 is 5.73 Å². The van der Waals surface area contributed by atoms with Crippen LogP contribution in [-0.4, -0.2) is 22.2 Å². The number of carbonyl (C=O) groups is 1. The van der Waals surface area contributed by atoms with Crippen molar-refractivity contribution in [1.29, 1.82) is 0 Å². The Labute approximate surface area is 78.4 Å². The van der Waals surface area contributed by atoms with Crippen molar-refractivity contribution in [3.8, 4) is 5.75 Å². The highest BCUT2D eigenvalue weighted by molar-refractivity contribution is 5.73. The largest absolute Gasteiger partial charge is 0.508 e. The van der Waals surface area contributed by atoms with Crippen LogP contribution in [0.1, 0.15) is 8.30 Å². The number of benzene rings is 1. The highest BCUT2D eigenvalue weighted by atomic mass is 16.5. The minimum atomic E-state index is -2.39. The first-order chi connectivity index (χ1) is 6.85. The van der Waals surface area contributed by atoms with Crippen LogP contribution in [0, 0.1) is 0 Å². The zero-order valence-electron chi connectivity index (χ0n) is 8.77. The summed E-state index contributed by atoms with van der Waals surface area (Å²) in [6.45, 7) is 0. The average molecular weight is 184 g/mol. The van der Waals surface area contributed by atoms with E-state index in [1.54, 1.807) is 0 Å². The maximum atomic E-state index is 10.6. The zero-order valence-corrected chi connectivity index (χ0v) is 6.77. The number of phenols is 1. The van der Waals surface area contributed by atoms with Gasteiger partial charge in [0.05, 0.1) is 1.37 Å². The van der Waals surface area contributed by atoms with Gasteiger partial charge in [0.25, 0.3) is 0 Å². The number of aliphatic carboxylic acids is 1. The van der Waals surface area contributed by atoms with Gasteiger partial charge in [-0.2, -0.15) is 0 Å². The van der Waals surface area contributed by atoms with Crippen molar-refractivity contribution in [1.82, 2.24) is 0 Å². The number of phenolic OH excluding ortho intramolecular Hbond substituents is 1. The van der Waals surface area contributed by atoms with Crippen LogP contribution in [-0.2, 0) is 11.2 Å². The Balaban J connectivity index is 2.99. The third-order valence-electron chi connectivity index (χ3n) is 1.46. The molecule has 0 spiro atoms. The summed E-state index contributed by atoms with van der Waals surface area (Å²) >= 11 is 0. The van der Waals surface area contributed by atoms with E-state index in [1.807, 2.05) is 0 Å². The van der Waals surface area contributed by atoms with Crippen molar-refractivity contribution < 1.29 is 17.7 Å². The van der Waals surface area contributed by atoms with Crippen molar-refractivity contribution >= 4 is 5.97 Å². The second-order valence-electron chi connectivity index (χ2n) is 2.50. The number of nitrogens with two attached hydrogens (primary N) is 1. The van der Waals surface area contributed by atoms with Gasteiger partial charge in [-0.05, 0) is 24.1 Å². The molecule has 4 nitrogen and oxygen atoms in total. The van der Waals surface area contributed by atoms with Gasteiger partial charge >= 0.3 is 5.97 Å². The normalized spacial score (nSPS) is 19.5. The lowest BCUT2D eigenvalue weighted by Crippen LogP contribution is -2.32. The molecule has 0 fully saturated rings. The molecule has 4 N–H and O–H groups in total. The van der Waals surface area contributed by atoms with Gasteiger partial charge in [-0.1, -0.05) is 12.1 Å². The van der Waals surface area contributed by atoms with Gasteiger partial charge in [0.15, 0.2) is 0 Å². The van der Waals surface area contributed by atoms with Crippen LogP contribution >= 0.6 is 0 Å². The third-order valence-corrected chi connectivity index (χ3v) is 1.46. The van der Waals surface area contributed by atoms with E-state index in [0.717, 1.165) is 0 Å². The molecule has 0 unspecified atom stereocenters. The minimum absolute atomic E-state index is 0.00822. The number of aromatic hydroxyl groups is 1. The van der Waals surface area contributed by atoms with Crippen molar-refractivity contribution in [3.63, 3.8) is 0 Å². The second kappa shape index (κ2) is 3.91. The van der Waals surface area contributed by atoms with Gasteiger partial charge in [0, 0.05) is 1.37 Å². The first-order valence-electron chi connectivity index (χ1n) is 4.67. The fourth-order valence-corrected chi connectivity index (χ4v) is 0.812. The summed E-state index contributed by atoms with van der Waals surface area (Å²) in [4.78, 5) is 10.6. The number of hydrogen-bond donors (Lipinski definition) is 3. The molecule has 0 aromatic heterocycles. The smallest absolute Gasteiger partial charge is 0.320 e. The van der Waals surface area contributed by atoms with E-state index >= 15 is 0 Å². The van der Waals surface area contributed by atoms with Crippen LogP contribution in [0.3, 0.4) is 0 Å². The molecule has 13 heavy (non-hydrogen) atoms. The number of carboxylic acids is 1. The lowest BCUT2D eigenvalue weighted by molar-refractivity contribution is -0.138. The molecule has 1 rings (SSSR count). The zero-order chi connectivity index (χ0) is 11.6. The summed E-state index contributed by atoms with van der Waals surface area (Å²) in [5, 5.41) is 17.6. The first-order valence-corrected chi connectivity index (χ1v) is 3.59. The molecule has 0 heterocycles. The summed E-state index contributed by atoms with van der Waals surface area (Å²) in [5.74, 6) is -1.55. The maximum absolute atomic E-state index is 10.6. The Morgan fingerprint density at radius 3 is 2.62 bits per heavy atom. The van der Waals surface area contributed by atoms with Crippen molar-refractivity contribution in [2.24, 2.45) is 5.73 Å². The molecule has 4 heteroatoms. The fourth-order valence-electron chi connectivity index (χ4n) is 0.812. The standard InChI is InChI=1S/C9H11NO3/c10-8(9(12)13)5-6-1-3-7(11)4-2-6/h1-4,8,11H,5,10H2,(H,12,13)/t8-/m0/s1/i5D,8D,9+1/t5-,8-. The summed E-state index contributed by atoms with van der Waals surface area (Å²) in [7, 11) is 0. The predicted octanol–water partition coefficient (Wildman–Crippen LogP) is 0.347. The van der Waals surface area contributed by atoms with E-state index in [2.05, 4.69) is 0 Å². The van der Waals surface area contributed by atoms with Gasteiger partial charge in [0.2, 0.25) is 0 Å². The van der Waals surface area contributed by atoms with Crippen molar-refractivity contribution in [3.05, 3.63) is 29.8 Å². The van der Waals surface area contributed by atoms with Gasteiger partial charge in [-0.15, -0.1) is 0 Å². The lowest BCUT2D eigenvalue weighted by Gasteiger charge is -2.05. The quantitative estimate of drug-likeness (QED) is 0.592. The molecule has 1 aromatic rings. The summed E-state index contributed by atoms with van der Waals surface area (Å²) in [6.07, 6.45) is -1.41. The molecule has 0 saturated heterocycles.